The Morgan fingerprint density at radius 2 is 1.93 bits per heavy atom. The van der Waals surface area contributed by atoms with Crippen molar-refractivity contribution in [3.8, 4) is 0 Å². The van der Waals surface area contributed by atoms with Crippen molar-refractivity contribution in [2.75, 3.05) is 23.7 Å². The van der Waals surface area contributed by atoms with Gasteiger partial charge in [0.05, 0.1) is 28.2 Å². The maximum Gasteiger partial charge on any atom is 0.243 e. The van der Waals surface area contributed by atoms with E-state index < -0.39 is 10.0 Å². The second-order valence-electron chi connectivity index (χ2n) is 7.32. The van der Waals surface area contributed by atoms with Gasteiger partial charge in [0.25, 0.3) is 0 Å². The van der Waals surface area contributed by atoms with E-state index in [4.69, 9.17) is 4.98 Å². The molecule has 0 aliphatic carbocycles. The molecule has 1 aliphatic rings. The lowest BCUT2D eigenvalue weighted by Gasteiger charge is -2.28. The van der Waals surface area contributed by atoms with Crippen LogP contribution in [0.15, 0.2) is 48.5 Å². The number of amides is 1. The molecular weight excluding hydrogens is 406 g/mol. The van der Waals surface area contributed by atoms with E-state index in [0.717, 1.165) is 39.9 Å². The van der Waals surface area contributed by atoms with Gasteiger partial charge in [-0.2, -0.15) is 0 Å². The minimum Gasteiger partial charge on any atom is -0.332 e. The molecule has 0 bridgehead atoms. The van der Waals surface area contributed by atoms with Crippen molar-refractivity contribution in [3.05, 3.63) is 59.1 Å². The lowest BCUT2D eigenvalue weighted by atomic mass is 10.2. The fraction of sp³-hybridized carbons (Fsp3) is 0.333. The first kappa shape index (κ1) is 19.8. The van der Waals surface area contributed by atoms with Crippen LogP contribution in [0.25, 0.3) is 10.2 Å². The molecule has 8 heteroatoms. The molecule has 152 valence electrons. The summed E-state index contributed by atoms with van der Waals surface area (Å²) < 4.78 is 27.2. The second kappa shape index (κ2) is 7.76. The van der Waals surface area contributed by atoms with Gasteiger partial charge in [0.15, 0.2) is 0 Å². The summed E-state index contributed by atoms with van der Waals surface area (Å²) in [4.78, 5) is 19.7. The first-order valence-corrected chi connectivity index (χ1v) is 12.2. The summed E-state index contributed by atoms with van der Waals surface area (Å²) in [6, 6.07) is 15.1. The van der Waals surface area contributed by atoms with Gasteiger partial charge in [0, 0.05) is 6.54 Å². The molecule has 4 rings (SSSR count). The molecule has 1 saturated heterocycles. The summed E-state index contributed by atoms with van der Waals surface area (Å²) in [7, 11) is -3.59. The van der Waals surface area contributed by atoms with Crippen molar-refractivity contribution in [1.82, 2.24) is 9.88 Å². The number of thiazole rings is 1. The lowest BCUT2D eigenvalue weighted by molar-refractivity contribution is -0.130. The zero-order valence-electron chi connectivity index (χ0n) is 16.4. The van der Waals surface area contributed by atoms with Crippen molar-refractivity contribution in [2.24, 2.45) is 0 Å². The predicted octanol–water partition coefficient (Wildman–Crippen LogP) is 3.73. The summed E-state index contributed by atoms with van der Waals surface area (Å²) in [5, 5.41) is 0.916. The van der Waals surface area contributed by atoms with E-state index in [9.17, 15) is 13.2 Å². The number of carbonyl (C=O) groups excluding carboxylic acids is 1. The van der Waals surface area contributed by atoms with Crippen LogP contribution in [0.5, 0.6) is 0 Å². The van der Waals surface area contributed by atoms with Crippen LogP contribution in [0.3, 0.4) is 0 Å². The molecule has 0 radical (unpaired) electrons. The van der Waals surface area contributed by atoms with E-state index in [1.54, 1.807) is 28.4 Å². The quantitative estimate of drug-likeness (QED) is 0.620. The van der Waals surface area contributed by atoms with Gasteiger partial charge in [-0.25, -0.2) is 13.4 Å². The van der Waals surface area contributed by atoms with Gasteiger partial charge in [-0.05, 0) is 43.5 Å². The van der Waals surface area contributed by atoms with E-state index in [1.165, 1.54) is 4.31 Å². The Hall–Kier alpha value is -2.45. The Bertz CT molecular complexity index is 1120. The molecule has 0 unspecified atom stereocenters. The number of aryl methyl sites for hydroxylation is 1. The highest BCUT2D eigenvalue weighted by atomic mass is 32.2. The highest BCUT2D eigenvalue weighted by Crippen LogP contribution is 2.36. The predicted molar refractivity (Wildman–Crippen MR) is 117 cm³/mol. The molecule has 1 atom stereocenters. The normalized spacial score (nSPS) is 17.0. The Morgan fingerprint density at radius 3 is 2.66 bits per heavy atom. The Morgan fingerprint density at radius 1 is 1.21 bits per heavy atom. The zero-order chi connectivity index (χ0) is 20.6. The molecule has 2 aromatic carbocycles. The fourth-order valence-corrected chi connectivity index (χ4v) is 5.81. The summed E-state index contributed by atoms with van der Waals surface area (Å²) >= 11 is 1.60. The standard InChI is InChI=1S/C21H23N3O3S2/c1-15-8-3-5-10-17(15)24(29(2,26)27)14-20(25)23-13-7-11-18(23)21-22-16-9-4-6-12-19(16)28-21/h3-6,8-10,12,18H,7,11,13-14H2,1-2H3/t18-/m0/s1. The van der Waals surface area contributed by atoms with Gasteiger partial charge in [0.1, 0.15) is 11.6 Å². The van der Waals surface area contributed by atoms with Crippen molar-refractivity contribution in [1.29, 1.82) is 0 Å². The molecule has 0 saturated carbocycles. The molecule has 1 aromatic heterocycles. The third-order valence-electron chi connectivity index (χ3n) is 5.23. The van der Waals surface area contributed by atoms with Crippen molar-refractivity contribution in [2.45, 2.75) is 25.8 Å². The molecule has 2 heterocycles. The number of fused-ring (bicyclic) bond motifs is 1. The van der Waals surface area contributed by atoms with E-state index in [0.29, 0.717) is 12.2 Å². The second-order valence-corrected chi connectivity index (χ2v) is 10.3. The summed E-state index contributed by atoms with van der Waals surface area (Å²) in [5.41, 5.74) is 2.29. The van der Waals surface area contributed by atoms with Gasteiger partial charge >= 0.3 is 0 Å². The van der Waals surface area contributed by atoms with Crippen LogP contribution in [0.2, 0.25) is 0 Å². The third kappa shape index (κ3) is 4.00. The fourth-order valence-electron chi connectivity index (χ4n) is 3.79. The molecular formula is C21H23N3O3S2. The van der Waals surface area contributed by atoms with Gasteiger partial charge < -0.3 is 4.90 Å². The maximum atomic E-state index is 13.2. The number of benzene rings is 2. The van der Waals surface area contributed by atoms with Crippen LogP contribution in [0.4, 0.5) is 5.69 Å². The van der Waals surface area contributed by atoms with Crippen molar-refractivity contribution >= 4 is 43.2 Å². The van der Waals surface area contributed by atoms with E-state index in [1.807, 2.05) is 43.3 Å². The van der Waals surface area contributed by atoms with Gasteiger partial charge in [0.2, 0.25) is 15.9 Å². The summed E-state index contributed by atoms with van der Waals surface area (Å²) in [5.74, 6) is -0.194. The SMILES string of the molecule is Cc1ccccc1N(CC(=O)N1CCC[C@H]1c1nc2ccccc2s1)S(C)(=O)=O. The average molecular weight is 430 g/mol. The highest BCUT2D eigenvalue weighted by molar-refractivity contribution is 7.92. The number of rotatable bonds is 5. The zero-order valence-corrected chi connectivity index (χ0v) is 18.0. The minimum atomic E-state index is -3.59. The smallest absolute Gasteiger partial charge is 0.243 e. The maximum absolute atomic E-state index is 13.2. The molecule has 6 nitrogen and oxygen atoms in total. The van der Waals surface area contributed by atoms with E-state index >= 15 is 0 Å². The topological polar surface area (TPSA) is 70.6 Å². The monoisotopic (exact) mass is 429 g/mol. The molecule has 3 aromatic rings. The molecule has 1 fully saturated rings. The van der Waals surface area contributed by atoms with Crippen molar-refractivity contribution < 1.29 is 13.2 Å². The Balaban J connectivity index is 1.61. The van der Waals surface area contributed by atoms with Crippen LogP contribution in [0.1, 0.15) is 29.5 Å². The number of likely N-dealkylation sites (tertiary alicyclic amines) is 1. The molecule has 1 aliphatic heterocycles. The van der Waals surface area contributed by atoms with Crippen LogP contribution < -0.4 is 4.31 Å². The molecule has 0 N–H and O–H groups in total. The number of hydrogen-bond acceptors (Lipinski definition) is 5. The number of nitrogens with zero attached hydrogens (tertiary/aromatic N) is 3. The number of sulfonamides is 1. The number of anilines is 1. The van der Waals surface area contributed by atoms with E-state index in [2.05, 4.69) is 0 Å². The summed E-state index contributed by atoms with van der Waals surface area (Å²) in [6.07, 6.45) is 2.87. The van der Waals surface area contributed by atoms with Crippen molar-refractivity contribution in [3.63, 3.8) is 0 Å². The lowest BCUT2D eigenvalue weighted by Crippen LogP contribution is -2.42. The van der Waals surface area contributed by atoms with Gasteiger partial charge in [-0.1, -0.05) is 30.3 Å². The largest absolute Gasteiger partial charge is 0.332 e. The first-order chi connectivity index (χ1) is 13.8. The first-order valence-electron chi connectivity index (χ1n) is 9.53. The minimum absolute atomic E-state index is 0.0989. The van der Waals surface area contributed by atoms with E-state index in [-0.39, 0.29) is 18.5 Å². The van der Waals surface area contributed by atoms with Crippen LogP contribution >= 0.6 is 11.3 Å². The number of hydrogen-bond donors (Lipinski definition) is 0. The van der Waals surface area contributed by atoms with Gasteiger partial charge in [-0.3, -0.25) is 9.10 Å². The molecule has 0 spiro atoms. The van der Waals surface area contributed by atoms with Crippen LogP contribution in [0, 0.1) is 6.92 Å². The Labute approximate surface area is 174 Å². The number of para-hydroxylation sites is 2. The van der Waals surface area contributed by atoms with Gasteiger partial charge in [-0.15, -0.1) is 11.3 Å². The van der Waals surface area contributed by atoms with Crippen LogP contribution in [-0.4, -0.2) is 43.6 Å². The molecule has 29 heavy (non-hydrogen) atoms. The number of carbonyl (C=O) groups is 1. The average Bonchev–Trinajstić information content (AvgIpc) is 3.32. The van der Waals surface area contributed by atoms with Crippen LogP contribution in [-0.2, 0) is 14.8 Å². The molecule has 1 amide bonds. The highest BCUT2D eigenvalue weighted by Gasteiger charge is 2.34. The third-order valence-corrected chi connectivity index (χ3v) is 7.50. The Kier molecular flexibility index (Phi) is 5.31. The number of aromatic nitrogens is 1. The summed E-state index contributed by atoms with van der Waals surface area (Å²) in [6.45, 7) is 2.26.